The first-order chi connectivity index (χ1) is 13.5. The van der Waals surface area contributed by atoms with Gasteiger partial charge in [0.2, 0.25) is 5.78 Å². The van der Waals surface area contributed by atoms with Gasteiger partial charge in [0.25, 0.3) is 0 Å². The van der Waals surface area contributed by atoms with Gasteiger partial charge < -0.3 is 9.47 Å². The van der Waals surface area contributed by atoms with Crippen LogP contribution in [0.2, 0.25) is 5.15 Å². The molecule has 0 aliphatic heterocycles. The molecule has 0 N–H and O–H groups in total. The maximum absolute atomic E-state index is 12.4. The van der Waals surface area contributed by atoms with E-state index < -0.39 is 12.1 Å². The molecule has 0 bridgehead atoms. The summed E-state index contributed by atoms with van der Waals surface area (Å²) >= 11 is 6.12. The van der Waals surface area contributed by atoms with Crippen LogP contribution in [0.15, 0.2) is 54.7 Å². The van der Waals surface area contributed by atoms with Gasteiger partial charge >= 0.3 is 5.97 Å². The Morgan fingerprint density at radius 1 is 1.21 bits per heavy atom. The third-order valence-electron chi connectivity index (χ3n) is 4.01. The van der Waals surface area contributed by atoms with E-state index in [2.05, 4.69) is 4.98 Å². The van der Waals surface area contributed by atoms with Gasteiger partial charge in [-0.2, -0.15) is 0 Å². The Bertz CT molecular complexity index is 1020. The predicted molar refractivity (Wildman–Crippen MR) is 107 cm³/mol. The standard InChI is InChI=1S/C21H19ClN2O4/c1-3-27-16-9-7-15(8-10-16)20(26)14(2)28-19(25)12-11-17-21(22)23-18-6-4-5-13-24(17)18/h4-14H,3H2,1-2H3/b12-11+/t14-/m1/s1. The molecule has 1 atom stereocenters. The molecule has 0 saturated heterocycles. The SMILES string of the molecule is CCOc1ccc(C(=O)[C@@H](C)OC(=O)/C=C/c2c(Cl)nc3ccccn23)cc1. The van der Waals surface area contributed by atoms with Crippen LogP contribution in [0.3, 0.4) is 0 Å². The molecule has 3 aromatic rings. The number of fused-ring (bicyclic) bond motifs is 1. The molecule has 0 amide bonds. The number of pyridine rings is 1. The molecular weight excluding hydrogens is 380 g/mol. The number of benzene rings is 1. The van der Waals surface area contributed by atoms with E-state index >= 15 is 0 Å². The van der Waals surface area contributed by atoms with Gasteiger partial charge in [0.15, 0.2) is 11.3 Å². The zero-order chi connectivity index (χ0) is 20.1. The number of carbonyl (C=O) groups excluding carboxylic acids is 2. The fourth-order valence-electron chi connectivity index (χ4n) is 2.67. The van der Waals surface area contributed by atoms with E-state index in [1.807, 2.05) is 19.1 Å². The minimum Gasteiger partial charge on any atom is -0.494 e. The minimum absolute atomic E-state index is 0.272. The number of ketones is 1. The van der Waals surface area contributed by atoms with Crippen LogP contribution < -0.4 is 4.74 Å². The Kier molecular flexibility index (Phi) is 6.11. The lowest BCUT2D eigenvalue weighted by atomic mass is 10.1. The minimum atomic E-state index is -0.923. The van der Waals surface area contributed by atoms with Gasteiger partial charge in [-0.3, -0.25) is 9.20 Å². The van der Waals surface area contributed by atoms with E-state index in [9.17, 15) is 9.59 Å². The van der Waals surface area contributed by atoms with Gasteiger partial charge in [0.05, 0.1) is 12.3 Å². The van der Waals surface area contributed by atoms with Gasteiger partial charge in [-0.25, -0.2) is 9.78 Å². The Labute approximate surface area is 167 Å². The third kappa shape index (κ3) is 4.40. The van der Waals surface area contributed by atoms with Crippen molar-refractivity contribution in [3.05, 3.63) is 71.1 Å². The molecule has 0 saturated carbocycles. The summed E-state index contributed by atoms with van der Waals surface area (Å²) in [6, 6.07) is 12.2. The number of ether oxygens (including phenoxy) is 2. The normalized spacial score (nSPS) is 12.2. The second-order valence-corrected chi connectivity index (χ2v) is 6.31. The maximum atomic E-state index is 12.4. The highest BCUT2D eigenvalue weighted by Crippen LogP contribution is 2.19. The second-order valence-electron chi connectivity index (χ2n) is 5.95. The zero-order valence-electron chi connectivity index (χ0n) is 15.5. The topological polar surface area (TPSA) is 69.9 Å². The summed E-state index contributed by atoms with van der Waals surface area (Å²) in [5, 5.41) is 0.272. The third-order valence-corrected chi connectivity index (χ3v) is 4.29. The summed E-state index contributed by atoms with van der Waals surface area (Å²) < 4.78 is 12.3. The van der Waals surface area contributed by atoms with E-state index in [4.69, 9.17) is 21.1 Å². The molecule has 144 valence electrons. The fraction of sp³-hybridized carbons (Fsp3) is 0.190. The van der Waals surface area contributed by atoms with Gasteiger partial charge in [-0.05, 0) is 56.3 Å². The van der Waals surface area contributed by atoms with Crippen molar-refractivity contribution in [3.8, 4) is 5.75 Å². The smallest absolute Gasteiger partial charge is 0.331 e. The number of carbonyl (C=O) groups is 2. The molecule has 7 heteroatoms. The average molecular weight is 399 g/mol. The molecule has 0 radical (unpaired) electrons. The van der Waals surface area contributed by atoms with Crippen molar-refractivity contribution in [1.29, 1.82) is 0 Å². The summed E-state index contributed by atoms with van der Waals surface area (Å²) in [5.74, 6) is -0.261. The van der Waals surface area contributed by atoms with Crippen molar-refractivity contribution in [2.45, 2.75) is 20.0 Å². The van der Waals surface area contributed by atoms with Crippen molar-refractivity contribution in [1.82, 2.24) is 9.38 Å². The molecule has 0 spiro atoms. The molecule has 3 rings (SSSR count). The molecule has 6 nitrogen and oxygen atoms in total. The van der Waals surface area contributed by atoms with Crippen molar-refractivity contribution in [3.63, 3.8) is 0 Å². The van der Waals surface area contributed by atoms with Crippen molar-refractivity contribution < 1.29 is 19.1 Å². The molecule has 0 aliphatic rings. The van der Waals surface area contributed by atoms with E-state index in [1.165, 1.54) is 19.1 Å². The number of imidazole rings is 1. The lowest BCUT2D eigenvalue weighted by molar-refractivity contribution is -0.140. The highest BCUT2D eigenvalue weighted by Gasteiger charge is 2.18. The first kappa shape index (κ1) is 19.6. The van der Waals surface area contributed by atoms with Gasteiger partial charge in [0.1, 0.15) is 11.4 Å². The summed E-state index contributed by atoms with van der Waals surface area (Å²) in [7, 11) is 0. The number of nitrogens with zero attached hydrogens (tertiary/aromatic N) is 2. The number of rotatable bonds is 7. The van der Waals surface area contributed by atoms with E-state index in [1.54, 1.807) is 40.9 Å². The number of aromatic nitrogens is 2. The van der Waals surface area contributed by atoms with Crippen LogP contribution in [-0.4, -0.2) is 33.8 Å². The van der Waals surface area contributed by atoms with Crippen molar-refractivity contribution in [2.75, 3.05) is 6.61 Å². The van der Waals surface area contributed by atoms with Gasteiger partial charge in [-0.15, -0.1) is 0 Å². The van der Waals surface area contributed by atoms with Crippen molar-refractivity contribution >= 4 is 35.1 Å². The Morgan fingerprint density at radius 2 is 1.96 bits per heavy atom. The number of halogens is 1. The van der Waals surface area contributed by atoms with Crippen LogP contribution in [-0.2, 0) is 9.53 Å². The van der Waals surface area contributed by atoms with Crippen LogP contribution >= 0.6 is 11.6 Å². The molecular formula is C21H19ClN2O4. The van der Waals surface area contributed by atoms with Crippen LogP contribution in [0.5, 0.6) is 5.75 Å². The molecule has 2 heterocycles. The van der Waals surface area contributed by atoms with Crippen LogP contribution in [0.25, 0.3) is 11.7 Å². The fourth-order valence-corrected chi connectivity index (χ4v) is 2.91. The highest BCUT2D eigenvalue weighted by molar-refractivity contribution is 6.31. The van der Waals surface area contributed by atoms with Crippen molar-refractivity contribution in [2.24, 2.45) is 0 Å². The molecule has 28 heavy (non-hydrogen) atoms. The summed E-state index contributed by atoms with van der Waals surface area (Å²) in [6.07, 6.45) is 3.60. The van der Waals surface area contributed by atoms with Gasteiger partial charge in [0, 0.05) is 17.8 Å². The largest absolute Gasteiger partial charge is 0.494 e. The molecule has 0 aliphatic carbocycles. The maximum Gasteiger partial charge on any atom is 0.331 e. The molecule has 0 unspecified atom stereocenters. The number of Topliss-reactive ketones (excluding diaryl/α,β-unsaturated/α-hetero) is 1. The number of hydrogen-bond donors (Lipinski definition) is 0. The summed E-state index contributed by atoms with van der Waals surface area (Å²) in [6.45, 7) is 3.96. The number of hydrogen-bond acceptors (Lipinski definition) is 5. The zero-order valence-corrected chi connectivity index (χ0v) is 16.2. The molecule has 0 fully saturated rings. The van der Waals surface area contributed by atoms with Crippen LogP contribution in [0.4, 0.5) is 0 Å². The average Bonchev–Trinajstić information content (AvgIpc) is 3.01. The van der Waals surface area contributed by atoms with Crippen LogP contribution in [0, 0.1) is 0 Å². The second kappa shape index (κ2) is 8.71. The lowest BCUT2D eigenvalue weighted by Gasteiger charge is -2.11. The van der Waals surface area contributed by atoms with E-state index in [0.29, 0.717) is 29.3 Å². The Balaban J connectivity index is 1.65. The first-order valence-electron chi connectivity index (χ1n) is 8.78. The van der Waals surface area contributed by atoms with Gasteiger partial charge in [-0.1, -0.05) is 17.7 Å². The summed E-state index contributed by atoms with van der Waals surface area (Å²) in [5.41, 5.74) is 1.66. The lowest BCUT2D eigenvalue weighted by Crippen LogP contribution is -2.23. The molecule has 2 aromatic heterocycles. The monoisotopic (exact) mass is 398 g/mol. The molecule has 1 aromatic carbocycles. The predicted octanol–water partition coefficient (Wildman–Crippen LogP) is 4.21. The highest BCUT2D eigenvalue weighted by atomic mass is 35.5. The van der Waals surface area contributed by atoms with E-state index in [0.717, 1.165) is 0 Å². The first-order valence-corrected chi connectivity index (χ1v) is 9.15. The van der Waals surface area contributed by atoms with E-state index in [-0.39, 0.29) is 10.9 Å². The Morgan fingerprint density at radius 3 is 2.68 bits per heavy atom. The van der Waals surface area contributed by atoms with Crippen LogP contribution in [0.1, 0.15) is 29.9 Å². The Hall–Kier alpha value is -3.12. The number of esters is 1. The quantitative estimate of drug-likeness (QED) is 0.338. The summed E-state index contributed by atoms with van der Waals surface area (Å²) in [4.78, 5) is 28.8.